The number of aryl methyl sites for hydroxylation is 2. The van der Waals surface area contributed by atoms with Crippen LogP contribution in [-0.4, -0.2) is 34.2 Å². The number of fused-ring (bicyclic) bond motifs is 3. The van der Waals surface area contributed by atoms with E-state index in [1.165, 1.54) is 4.88 Å². The number of anilines is 1. The summed E-state index contributed by atoms with van der Waals surface area (Å²) in [7, 11) is 0. The smallest absolute Gasteiger partial charge is 0.340 e. The molecule has 0 atom stereocenters. The third-order valence-corrected chi connectivity index (χ3v) is 6.90. The van der Waals surface area contributed by atoms with E-state index in [9.17, 15) is 14.4 Å². The number of thiophene rings is 1. The zero-order chi connectivity index (χ0) is 21.1. The molecule has 0 fully saturated rings. The van der Waals surface area contributed by atoms with Gasteiger partial charge in [-0.3, -0.25) is 9.59 Å². The Morgan fingerprint density at radius 2 is 2.07 bits per heavy atom. The molecular weight excluding hydrogens is 422 g/mol. The standard InChI is InChI=1S/C21H21N3O4S2/c1-2-28-20(27)12-7-3-5-9-14(12)22-16(25)11-29-21-23-18(26)17-13-8-4-6-10-15(13)30-19(17)24-21/h3,5,7,9H,2,4,6,8,10-11H2,1H3,(H,22,25)(H,23,24,26). The number of para-hydroxylation sites is 1. The second-order valence-corrected chi connectivity index (χ2v) is 8.91. The van der Waals surface area contributed by atoms with Crippen molar-refractivity contribution >= 4 is 50.9 Å². The summed E-state index contributed by atoms with van der Waals surface area (Å²) in [5, 5.41) is 3.85. The Labute approximate surface area is 181 Å². The van der Waals surface area contributed by atoms with Gasteiger partial charge in [-0.2, -0.15) is 0 Å². The quantitative estimate of drug-likeness (QED) is 0.342. The molecule has 7 nitrogen and oxygen atoms in total. The van der Waals surface area contributed by atoms with E-state index >= 15 is 0 Å². The number of thioether (sulfide) groups is 1. The van der Waals surface area contributed by atoms with E-state index in [-0.39, 0.29) is 23.8 Å². The molecule has 4 rings (SSSR count). The molecule has 1 aliphatic rings. The zero-order valence-corrected chi connectivity index (χ0v) is 18.1. The number of aromatic nitrogens is 2. The van der Waals surface area contributed by atoms with Gasteiger partial charge in [0.05, 0.1) is 29.0 Å². The number of aromatic amines is 1. The van der Waals surface area contributed by atoms with Gasteiger partial charge in [0.25, 0.3) is 5.56 Å². The summed E-state index contributed by atoms with van der Waals surface area (Å²) in [5.74, 6) is -0.736. The minimum absolute atomic E-state index is 0.0523. The number of nitrogens with one attached hydrogen (secondary N) is 2. The van der Waals surface area contributed by atoms with Crippen molar-refractivity contribution in [2.75, 3.05) is 17.7 Å². The van der Waals surface area contributed by atoms with E-state index in [0.29, 0.717) is 21.8 Å². The van der Waals surface area contributed by atoms with Crippen molar-refractivity contribution in [1.29, 1.82) is 0 Å². The number of H-pyrrole nitrogens is 1. The number of esters is 1. The first-order valence-corrected chi connectivity index (χ1v) is 11.6. The molecule has 3 aromatic rings. The Morgan fingerprint density at radius 1 is 1.27 bits per heavy atom. The first-order valence-electron chi connectivity index (χ1n) is 9.80. The highest BCUT2D eigenvalue weighted by Crippen LogP contribution is 2.34. The van der Waals surface area contributed by atoms with Crippen molar-refractivity contribution in [3.05, 3.63) is 50.6 Å². The van der Waals surface area contributed by atoms with Crippen LogP contribution in [0.3, 0.4) is 0 Å². The van der Waals surface area contributed by atoms with Crippen LogP contribution >= 0.6 is 23.1 Å². The fourth-order valence-corrected chi connectivity index (χ4v) is 5.49. The lowest BCUT2D eigenvalue weighted by molar-refractivity contribution is -0.113. The molecule has 2 N–H and O–H groups in total. The van der Waals surface area contributed by atoms with Crippen molar-refractivity contribution < 1.29 is 14.3 Å². The van der Waals surface area contributed by atoms with Crippen LogP contribution in [0.2, 0.25) is 0 Å². The van der Waals surface area contributed by atoms with E-state index < -0.39 is 5.97 Å². The molecule has 1 aromatic carbocycles. The highest BCUT2D eigenvalue weighted by molar-refractivity contribution is 7.99. The molecular formula is C21H21N3O4S2. The van der Waals surface area contributed by atoms with Crippen LogP contribution in [0.5, 0.6) is 0 Å². The first kappa shape index (κ1) is 20.6. The third kappa shape index (κ3) is 4.27. The number of carbonyl (C=O) groups is 2. The fourth-order valence-electron chi connectivity index (χ4n) is 3.51. The van der Waals surface area contributed by atoms with Crippen LogP contribution < -0.4 is 10.9 Å². The number of rotatable bonds is 6. The molecule has 30 heavy (non-hydrogen) atoms. The van der Waals surface area contributed by atoms with Gasteiger partial charge < -0.3 is 15.0 Å². The molecule has 0 saturated heterocycles. The fraction of sp³-hybridized carbons (Fsp3) is 0.333. The molecule has 0 bridgehead atoms. The maximum absolute atomic E-state index is 12.6. The average Bonchev–Trinajstić information content (AvgIpc) is 3.12. The third-order valence-electron chi connectivity index (χ3n) is 4.84. The molecule has 0 aliphatic heterocycles. The maximum atomic E-state index is 12.6. The number of amides is 1. The number of nitrogens with zero attached hydrogens (tertiary/aromatic N) is 1. The zero-order valence-electron chi connectivity index (χ0n) is 16.4. The molecule has 1 amide bonds. The number of ether oxygens (including phenoxy) is 1. The number of hydrogen-bond donors (Lipinski definition) is 2. The van der Waals surface area contributed by atoms with Crippen LogP contribution in [0.15, 0.2) is 34.2 Å². The van der Waals surface area contributed by atoms with Crippen molar-refractivity contribution in [3.8, 4) is 0 Å². The molecule has 2 heterocycles. The van der Waals surface area contributed by atoms with Crippen molar-refractivity contribution in [3.63, 3.8) is 0 Å². The summed E-state index contributed by atoms with van der Waals surface area (Å²) in [6, 6.07) is 6.70. The number of carbonyl (C=O) groups excluding carboxylic acids is 2. The summed E-state index contributed by atoms with van der Waals surface area (Å²) in [5.41, 5.74) is 1.69. The van der Waals surface area contributed by atoms with E-state index in [0.717, 1.165) is 47.8 Å². The van der Waals surface area contributed by atoms with Gasteiger partial charge in [-0.05, 0) is 50.3 Å². The predicted octanol–water partition coefficient (Wildman–Crippen LogP) is 3.77. The Morgan fingerprint density at radius 3 is 2.90 bits per heavy atom. The van der Waals surface area contributed by atoms with Crippen LogP contribution in [0, 0.1) is 0 Å². The average molecular weight is 444 g/mol. The monoisotopic (exact) mass is 443 g/mol. The van der Waals surface area contributed by atoms with Crippen molar-refractivity contribution in [2.24, 2.45) is 0 Å². The number of hydrogen-bond acceptors (Lipinski definition) is 7. The van der Waals surface area contributed by atoms with Crippen LogP contribution in [0.1, 0.15) is 40.6 Å². The molecule has 1 aliphatic carbocycles. The largest absolute Gasteiger partial charge is 0.462 e. The molecule has 9 heteroatoms. The SMILES string of the molecule is CCOC(=O)c1ccccc1NC(=O)CSc1nc2sc3c(c2c(=O)[nH]1)CCCC3. The summed E-state index contributed by atoms with van der Waals surface area (Å²) in [6.45, 7) is 1.98. The minimum atomic E-state index is -0.487. The van der Waals surface area contributed by atoms with Crippen molar-refractivity contribution in [2.45, 2.75) is 37.8 Å². The van der Waals surface area contributed by atoms with E-state index in [2.05, 4.69) is 15.3 Å². The molecule has 2 aromatic heterocycles. The summed E-state index contributed by atoms with van der Waals surface area (Å²) < 4.78 is 5.02. The molecule has 0 spiro atoms. The van der Waals surface area contributed by atoms with Gasteiger partial charge >= 0.3 is 5.97 Å². The Hall–Kier alpha value is -2.65. The number of benzene rings is 1. The van der Waals surface area contributed by atoms with Gasteiger partial charge in [-0.25, -0.2) is 9.78 Å². The second-order valence-electron chi connectivity index (χ2n) is 6.87. The molecule has 0 unspecified atom stereocenters. The van der Waals surface area contributed by atoms with Crippen LogP contribution in [0.4, 0.5) is 5.69 Å². The van der Waals surface area contributed by atoms with E-state index in [4.69, 9.17) is 4.74 Å². The van der Waals surface area contributed by atoms with E-state index in [1.807, 2.05) is 0 Å². The molecule has 156 valence electrons. The lowest BCUT2D eigenvalue weighted by atomic mass is 9.97. The van der Waals surface area contributed by atoms with Crippen LogP contribution in [-0.2, 0) is 22.4 Å². The second kappa shape index (κ2) is 9.01. The van der Waals surface area contributed by atoms with Gasteiger partial charge in [-0.1, -0.05) is 23.9 Å². The van der Waals surface area contributed by atoms with Crippen LogP contribution in [0.25, 0.3) is 10.2 Å². The Bertz CT molecular complexity index is 1170. The summed E-state index contributed by atoms with van der Waals surface area (Å²) in [6.07, 6.45) is 4.17. The lowest BCUT2D eigenvalue weighted by Crippen LogP contribution is -2.18. The molecule has 0 saturated carbocycles. The van der Waals surface area contributed by atoms with Gasteiger partial charge in [-0.15, -0.1) is 11.3 Å². The predicted molar refractivity (Wildman–Crippen MR) is 119 cm³/mol. The van der Waals surface area contributed by atoms with Gasteiger partial charge in [0, 0.05) is 4.88 Å². The maximum Gasteiger partial charge on any atom is 0.340 e. The highest BCUT2D eigenvalue weighted by atomic mass is 32.2. The molecule has 0 radical (unpaired) electrons. The van der Waals surface area contributed by atoms with Gasteiger partial charge in [0.2, 0.25) is 5.91 Å². The lowest BCUT2D eigenvalue weighted by Gasteiger charge is -2.10. The minimum Gasteiger partial charge on any atom is -0.462 e. The van der Waals surface area contributed by atoms with E-state index in [1.54, 1.807) is 42.5 Å². The first-order chi connectivity index (χ1) is 14.6. The normalized spacial score (nSPS) is 13.1. The Kier molecular flexibility index (Phi) is 6.19. The van der Waals surface area contributed by atoms with Gasteiger partial charge in [0.1, 0.15) is 4.83 Å². The van der Waals surface area contributed by atoms with Gasteiger partial charge in [0.15, 0.2) is 5.16 Å². The Balaban J connectivity index is 1.47. The highest BCUT2D eigenvalue weighted by Gasteiger charge is 2.20. The summed E-state index contributed by atoms with van der Waals surface area (Å²) >= 11 is 2.74. The summed E-state index contributed by atoms with van der Waals surface area (Å²) in [4.78, 5) is 46.4. The van der Waals surface area contributed by atoms with Crippen molar-refractivity contribution in [1.82, 2.24) is 9.97 Å². The topological polar surface area (TPSA) is 101 Å².